The van der Waals surface area contributed by atoms with Gasteiger partial charge in [0.15, 0.2) is 0 Å². The highest BCUT2D eigenvalue weighted by Gasteiger charge is 2.23. The Morgan fingerprint density at radius 1 is 1.39 bits per heavy atom. The molecule has 2 aliphatic rings. The topological polar surface area (TPSA) is 50.4 Å². The predicted molar refractivity (Wildman–Crippen MR) is 69.4 cm³/mol. The van der Waals surface area contributed by atoms with Crippen LogP contribution in [0.15, 0.2) is 18.2 Å². The lowest BCUT2D eigenvalue weighted by Gasteiger charge is -2.18. The lowest BCUT2D eigenvalue weighted by atomic mass is 10.0. The first-order chi connectivity index (χ1) is 8.83. The fraction of sp³-hybridized carbons (Fsp3) is 0.500. The first kappa shape index (κ1) is 11.7. The summed E-state index contributed by atoms with van der Waals surface area (Å²) >= 11 is 0. The standard InChI is InChI=1S/C14H18N2O2/c17-14(11-4-6-18-9-11)16-13-2-1-10-3-5-15-8-12(10)7-13/h1-2,7,11,15H,3-6,8-9H2,(H,16,17). The molecule has 18 heavy (non-hydrogen) atoms. The summed E-state index contributed by atoms with van der Waals surface area (Å²) in [7, 11) is 0. The van der Waals surface area contributed by atoms with Crippen LogP contribution < -0.4 is 10.6 Å². The zero-order chi connectivity index (χ0) is 12.4. The van der Waals surface area contributed by atoms with Crippen LogP contribution in [0.4, 0.5) is 5.69 Å². The SMILES string of the molecule is O=C(Nc1ccc2c(c1)CNCC2)C1CCOC1. The van der Waals surface area contributed by atoms with Crippen molar-refractivity contribution in [2.45, 2.75) is 19.4 Å². The van der Waals surface area contributed by atoms with Crippen LogP contribution in [-0.4, -0.2) is 25.7 Å². The predicted octanol–water partition coefficient (Wildman–Crippen LogP) is 1.31. The molecule has 1 amide bonds. The van der Waals surface area contributed by atoms with Gasteiger partial charge in [0.25, 0.3) is 0 Å². The highest BCUT2D eigenvalue weighted by molar-refractivity contribution is 5.92. The molecule has 1 unspecified atom stereocenters. The van der Waals surface area contributed by atoms with E-state index in [1.165, 1.54) is 11.1 Å². The van der Waals surface area contributed by atoms with E-state index in [1.807, 2.05) is 6.07 Å². The van der Waals surface area contributed by atoms with Gasteiger partial charge in [0.2, 0.25) is 5.91 Å². The Morgan fingerprint density at radius 2 is 2.33 bits per heavy atom. The Balaban J connectivity index is 1.70. The molecule has 1 aromatic rings. The molecule has 3 rings (SSSR count). The minimum Gasteiger partial charge on any atom is -0.381 e. The summed E-state index contributed by atoms with van der Waals surface area (Å²) in [6.07, 6.45) is 1.90. The van der Waals surface area contributed by atoms with Crippen molar-refractivity contribution >= 4 is 11.6 Å². The maximum absolute atomic E-state index is 12.0. The molecule has 0 radical (unpaired) electrons. The first-order valence-electron chi connectivity index (χ1n) is 6.54. The van der Waals surface area contributed by atoms with Gasteiger partial charge in [-0.2, -0.15) is 0 Å². The molecular weight excluding hydrogens is 228 g/mol. The normalized spacial score (nSPS) is 22.6. The van der Waals surface area contributed by atoms with Gasteiger partial charge in [-0.25, -0.2) is 0 Å². The van der Waals surface area contributed by atoms with E-state index in [0.717, 1.165) is 31.6 Å². The monoisotopic (exact) mass is 246 g/mol. The lowest BCUT2D eigenvalue weighted by molar-refractivity contribution is -0.119. The van der Waals surface area contributed by atoms with E-state index in [-0.39, 0.29) is 11.8 Å². The quantitative estimate of drug-likeness (QED) is 0.827. The van der Waals surface area contributed by atoms with Crippen molar-refractivity contribution in [3.63, 3.8) is 0 Å². The van der Waals surface area contributed by atoms with Gasteiger partial charge in [0, 0.05) is 18.8 Å². The summed E-state index contributed by atoms with van der Waals surface area (Å²) in [6, 6.07) is 6.20. The van der Waals surface area contributed by atoms with E-state index in [0.29, 0.717) is 13.2 Å². The second kappa shape index (κ2) is 5.08. The van der Waals surface area contributed by atoms with Crippen molar-refractivity contribution in [2.75, 3.05) is 25.1 Å². The molecule has 2 heterocycles. The molecular formula is C14H18N2O2. The van der Waals surface area contributed by atoms with Gasteiger partial charge in [-0.05, 0) is 42.6 Å². The van der Waals surface area contributed by atoms with Crippen LogP contribution in [0.2, 0.25) is 0 Å². The fourth-order valence-corrected chi connectivity index (χ4v) is 2.54. The first-order valence-corrected chi connectivity index (χ1v) is 6.54. The number of fused-ring (bicyclic) bond motifs is 1. The average Bonchev–Trinajstić information content (AvgIpc) is 2.92. The molecule has 0 saturated carbocycles. The van der Waals surface area contributed by atoms with Gasteiger partial charge in [0.1, 0.15) is 0 Å². The molecule has 2 N–H and O–H groups in total. The third-order valence-electron chi connectivity index (χ3n) is 3.66. The van der Waals surface area contributed by atoms with E-state index in [2.05, 4.69) is 22.8 Å². The number of nitrogens with one attached hydrogen (secondary N) is 2. The molecule has 4 heteroatoms. The highest BCUT2D eigenvalue weighted by Crippen LogP contribution is 2.21. The molecule has 0 aliphatic carbocycles. The summed E-state index contributed by atoms with van der Waals surface area (Å²) < 4.78 is 5.24. The Morgan fingerprint density at radius 3 is 3.17 bits per heavy atom. The van der Waals surface area contributed by atoms with E-state index in [9.17, 15) is 4.79 Å². The van der Waals surface area contributed by atoms with Crippen molar-refractivity contribution in [3.05, 3.63) is 29.3 Å². The number of carbonyl (C=O) groups is 1. The average molecular weight is 246 g/mol. The Labute approximate surface area is 107 Å². The van der Waals surface area contributed by atoms with E-state index >= 15 is 0 Å². The fourth-order valence-electron chi connectivity index (χ4n) is 2.54. The van der Waals surface area contributed by atoms with Crippen LogP contribution in [0.3, 0.4) is 0 Å². The van der Waals surface area contributed by atoms with Crippen molar-refractivity contribution in [1.82, 2.24) is 5.32 Å². The van der Waals surface area contributed by atoms with Crippen molar-refractivity contribution in [3.8, 4) is 0 Å². The number of amides is 1. The van der Waals surface area contributed by atoms with E-state index < -0.39 is 0 Å². The maximum atomic E-state index is 12.0. The summed E-state index contributed by atoms with van der Waals surface area (Å²) in [4.78, 5) is 12.0. The minimum atomic E-state index is 0.0131. The van der Waals surface area contributed by atoms with Crippen LogP contribution >= 0.6 is 0 Å². The minimum absolute atomic E-state index is 0.0131. The molecule has 4 nitrogen and oxygen atoms in total. The van der Waals surface area contributed by atoms with Crippen molar-refractivity contribution in [2.24, 2.45) is 5.92 Å². The van der Waals surface area contributed by atoms with Gasteiger partial charge in [-0.15, -0.1) is 0 Å². The molecule has 1 fully saturated rings. The molecule has 96 valence electrons. The van der Waals surface area contributed by atoms with Crippen LogP contribution in [0.1, 0.15) is 17.5 Å². The highest BCUT2D eigenvalue weighted by atomic mass is 16.5. The number of benzene rings is 1. The maximum Gasteiger partial charge on any atom is 0.229 e. The van der Waals surface area contributed by atoms with Gasteiger partial charge in [-0.1, -0.05) is 6.07 Å². The summed E-state index contributed by atoms with van der Waals surface area (Å²) in [5, 5.41) is 6.33. The van der Waals surface area contributed by atoms with Gasteiger partial charge >= 0.3 is 0 Å². The second-order valence-electron chi connectivity index (χ2n) is 4.96. The van der Waals surface area contributed by atoms with E-state index in [1.54, 1.807) is 0 Å². The number of carbonyl (C=O) groups excluding carboxylic acids is 1. The van der Waals surface area contributed by atoms with Crippen LogP contribution in [0, 0.1) is 5.92 Å². The van der Waals surface area contributed by atoms with Crippen molar-refractivity contribution < 1.29 is 9.53 Å². The molecule has 0 aromatic heterocycles. The van der Waals surface area contributed by atoms with Crippen LogP contribution in [0.5, 0.6) is 0 Å². The molecule has 1 aromatic carbocycles. The second-order valence-corrected chi connectivity index (χ2v) is 4.96. The third kappa shape index (κ3) is 2.40. The van der Waals surface area contributed by atoms with Gasteiger partial charge < -0.3 is 15.4 Å². The largest absolute Gasteiger partial charge is 0.381 e. The molecule has 2 aliphatic heterocycles. The zero-order valence-corrected chi connectivity index (χ0v) is 10.4. The number of rotatable bonds is 2. The Hall–Kier alpha value is -1.39. The smallest absolute Gasteiger partial charge is 0.229 e. The van der Waals surface area contributed by atoms with Crippen LogP contribution in [0.25, 0.3) is 0 Å². The molecule has 1 atom stereocenters. The Kier molecular flexibility index (Phi) is 3.30. The lowest BCUT2D eigenvalue weighted by Crippen LogP contribution is -2.25. The van der Waals surface area contributed by atoms with Crippen LogP contribution in [-0.2, 0) is 22.5 Å². The number of anilines is 1. The third-order valence-corrected chi connectivity index (χ3v) is 3.66. The number of hydrogen-bond acceptors (Lipinski definition) is 3. The van der Waals surface area contributed by atoms with Crippen molar-refractivity contribution in [1.29, 1.82) is 0 Å². The Bertz CT molecular complexity index is 453. The summed E-state index contributed by atoms with van der Waals surface area (Å²) in [5.74, 6) is 0.0929. The molecule has 0 spiro atoms. The van der Waals surface area contributed by atoms with Gasteiger partial charge in [0.05, 0.1) is 12.5 Å². The number of hydrogen-bond donors (Lipinski definition) is 2. The summed E-state index contributed by atoms with van der Waals surface area (Å²) in [5.41, 5.74) is 3.58. The molecule has 1 saturated heterocycles. The number of ether oxygens (including phenoxy) is 1. The van der Waals surface area contributed by atoms with E-state index in [4.69, 9.17) is 4.74 Å². The summed E-state index contributed by atoms with van der Waals surface area (Å²) in [6.45, 7) is 3.19. The molecule has 0 bridgehead atoms. The van der Waals surface area contributed by atoms with Gasteiger partial charge in [-0.3, -0.25) is 4.79 Å². The zero-order valence-electron chi connectivity index (χ0n) is 10.4.